The van der Waals surface area contributed by atoms with E-state index in [0.717, 1.165) is 18.5 Å². The van der Waals surface area contributed by atoms with Crippen molar-refractivity contribution in [1.29, 1.82) is 0 Å². The number of carbonyl (C=O) groups is 1. The molecule has 3 heterocycles. The van der Waals surface area contributed by atoms with Gasteiger partial charge in [-0.25, -0.2) is 0 Å². The van der Waals surface area contributed by atoms with Crippen molar-refractivity contribution >= 4 is 5.91 Å². The van der Waals surface area contributed by atoms with Crippen molar-refractivity contribution in [3.8, 4) is 0 Å². The number of carbonyl (C=O) groups excluding carboxylic acids is 1. The molecule has 2 radical (unpaired) electrons. The van der Waals surface area contributed by atoms with Gasteiger partial charge in [-0.3, -0.25) is 14.7 Å². The molecule has 1 aromatic heterocycles. The second-order valence-corrected chi connectivity index (χ2v) is 5.74. The number of hydrogen-bond acceptors (Lipinski definition) is 4. The third-order valence-corrected chi connectivity index (χ3v) is 4.51. The van der Waals surface area contributed by atoms with E-state index < -0.39 is 5.41 Å². The molecular weight excluding hydrogens is 266 g/mol. The van der Waals surface area contributed by atoms with Crippen molar-refractivity contribution in [2.75, 3.05) is 39.4 Å². The number of amides is 1. The topological polar surface area (TPSA) is 45.7 Å². The maximum absolute atomic E-state index is 13.2. The highest BCUT2D eigenvalue weighted by Gasteiger charge is 2.45. The first kappa shape index (κ1) is 14.5. The van der Waals surface area contributed by atoms with Crippen LogP contribution in [0.1, 0.15) is 18.5 Å². The quantitative estimate of drug-likeness (QED) is 0.812. The van der Waals surface area contributed by atoms with Crippen molar-refractivity contribution in [2.45, 2.75) is 18.3 Å². The Kier molecular flexibility index (Phi) is 4.22. The summed E-state index contributed by atoms with van der Waals surface area (Å²) >= 11 is 0. The monoisotopic (exact) mass is 287 g/mol. The fraction of sp³-hybridized carbons (Fsp3) is 0.562. The maximum atomic E-state index is 13.2. The van der Waals surface area contributed by atoms with Crippen LogP contribution in [0.5, 0.6) is 0 Å². The van der Waals surface area contributed by atoms with Crippen molar-refractivity contribution in [2.24, 2.45) is 0 Å². The Balaban J connectivity index is 1.90. The van der Waals surface area contributed by atoms with Gasteiger partial charge in [0.2, 0.25) is 5.91 Å². The van der Waals surface area contributed by atoms with Crippen LogP contribution in [0.4, 0.5) is 0 Å². The summed E-state index contributed by atoms with van der Waals surface area (Å²) in [5.41, 5.74) is 0.337. The van der Waals surface area contributed by atoms with Gasteiger partial charge < -0.3 is 9.64 Å². The fourth-order valence-corrected chi connectivity index (χ4v) is 3.20. The number of morpholine rings is 1. The van der Waals surface area contributed by atoms with Crippen molar-refractivity contribution in [3.63, 3.8) is 0 Å². The van der Waals surface area contributed by atoms with Gasteiger partial charge in [-0.2, -0.15) is 0 Å². The largest absolute Gasteiger partial charge is 0.378 e. The Bertz CT molecular complexity index is 478. The first-order valence-electron chi connectivity index (χ1n) is 7.51. The van der Waals surface area contributed by atoms with Crippen LogP contribution in [-0.2, 0) is 14.9 Å². The van der Waals surface area contributed by atoms with Crippen molar-refractivity contribution in [3.05, 3.63) is 37.1 Å². The lowest BCUT2D eigenvalue weighted by Gasteiger charge is -2.42. The molecule has 5 heteroatoms. The Hall–Kier alpha value is -1.46. The summed E-state index contributed by atoms with van der Waals surface area (Å²) in [4.78, 5) is 21.3. The van der Waals surface area contributed by atoms with E-state index in [0.29, 0.717) is 39.4 Å². The lowest BCUT2D eigenvalue weighted by Crippen LogP contribution is -2.54. The maximum Gasteiger partial charge on any atom is 0.235 e. The molecule has 1 amide bonds. The normalized spacial score (nSPS) is 23.0. The van der Waals surface area contributed by atoms with Gasteiger partial charge in [-0.15, -0.1) is 0 Å². The Morgan fingerprint density at radius 2 is 1.90 bits per heavy atom. The van der Waals surface area contributed by atoms with Gasteiger partial charge in [-0.05, 0) is 38.1 Å². The highest BCUT2D eigenvalue weighted by molar-refractivity contribution is 5.88. The van der Waals surface area contributed by atoms with E-state index in [1.165, 1.54) is 0 Å². The first-order chi connectivity index (χ1) is 10.2. The minimum atomic E-state index is -0.533. The minimum absolute atomic E-state index is 0.178. The Morgan fingerprint density at radius 1 is 1.19 bits per heavy atom. The van der Waals surface area contributed by atoms with Gasteiger partial charge >= 0.3 is 0 Å². The molecule has 0 spiro atoms. The van der Waals surface area contributed by atoms with Gasteiger partial charge in [0, 0.05) is 26.3 Å². The van der Waals surface area contributed by atoms with E-state index >= 15 is 0 Å². The Morgan fingerprint density at radius 3 is 2.52 bits per heavy atom. The molecule has 3 rings (SSSR count). The second-order valence-electron chi connectivity index (χ2n) is 5.74. The van der Waals surface area contributed by atoms with Crippen LogP contribution in [0, 0.1) is 7.05 Å². The molecule has 21 heavy (non-hydrogen) atoms. The number of aromatic nitrogens is 1. The number of nitrogens with zero attached hydrogens (tertiary/aromatic N) is 3. The zero-order chi connectivity index (χ0) is 14.7. The molecule has 2 fully saturated rings. The van der Waals surface area contributed by atoms with Gasteiger partial charge in [-0.1, -0.05) is 6.07 Å². The molecule has 5 nitrogen and oxygen atoms in total. The summed E-state index contributed by atoms with van der Waals surface area (Å²) in [6, 6.07) is 5.80. The van der Waals surface area contributed by atoms with Crippen LogP contribution in [-0.4, -0.2) is 60.1 Å². The molecule has 0 atom stereocenters. The number of hydrogen-bond donors (Lipinski definition) is 0. The second kappa shape index (κ2) is 6.12. The average Bonchev–Trinajstić information content (AvgIpc) is 2.57. The molecular formula is C16H21N3O2. The summed E-state index contributed by atoms with van der Waals surface area (Å²) in [6.07, 6.45) is 3.20. The first-order valence-corrected chi connectivity index (χ1v) is 7.51. The third kappa shape index (κ3) is 2.80. The van der Waals surface area contributed by atoms with Crippen LogP contribution in [0.15, 0.2) is 24.4 Å². The van der Waals surface area contributed by atoms with E-state index in [-0.39, 0.29) is 5.91 Å². The molecule has 1 aromatic rings. The highest BCUT2D eigenvalue weighted by Crippen LogP contribution is 2.36. The molecule has 0 aliphatic carbocycles. The summed E-state index contributed by atoms with van der Waals surface area (Å²) in [5, 5.41) is 0. The van der Waals surface area contributed by atoms with Gasteiger partial charge in [0.25, 0.3) is 0 Å². The van der Waals surface area contributed by atoms with E-state index in [4.69, 9.17) is 11.8 Å². The smallest absolute Gasteiger partial charge is 0.235 e. The van der Waals surface area contributed by atoms with Crippen LogP contribution < -0.4 is 0 Å². The predicted octanol–water partition coefficient (Wildman–Crippen LogP) is 0.943. The summed E-state index contributed by atoms with van der Waals surface area (Å²) in [5.74, 6) is 0.178. The van der Waals surface area contributed by atoms with E-state index in [2.05, 4.69) is 4.98 Å². The average molecular weight is 287 g/mol. The molecule has 0 N–H and O–H groups in total. The third-order valence-electron chi connectivity index (χ3n) is 4.51. The molecule has 0 aromatic carbocycles. The Labute approximate surface area is 125 Å². The molecule has 2 aliphatic rings. The van der Waals surface area contributed by atoms with Crippen molar-refractivity contribution in [1.82, 2.24) is 14.8 Å². The van der Waals surface area contributed by atoms with Gasteiger partial charge in [0.15, 0.2) is 0 Å². The van der Waals surface area contributed by atoms with Crippen LogP contribution >= 0.6 is 0 Å². The SMILES string of the molecule is [CH]N1CCC(C(=O)N2CCOCC2)(c2ccccn2)CC1. The van der Waals surface area contributed by atoms with Crippen LogP contribution in [0.25, 0.3) is 0 Å². The molecule has 2 aliphatic heterocycles. The standard InChI is InChI=1S/C16H21N3O2/c1-18-8-5-16(6-9-18,14-4-2-3-7-17-14)15(20)19-10-12-21-13-11-19/h1-4,7H,5-6,8-13H2. The van der Waals surface area contributed by atoms with Gasteiger partial charge in [0.1, 0.15) is 0 Å². The summed E-state index contributed by atoms with van der Waals surface area (Å²) in [7, 11) is 5.88. The molecule has 0 unspecified atom stereocenters. The van der Waals surface area contributed by atoms with E-state index in [1.807, 2.05) is 23.1 Å². The molecule has 0 bridgehead atoms. The van der Waals surface area contributed by atoms with E-state index in [1.54, 1.807) is 11.1 Å². The lowest BCUT2D eigenvalue weighted by molar-refractivity contribution is -0.143. The predicted molar refractivity (Wildman–Crippen MR) is 78.4 cm³/mol. The zero-order valence-corrected chi connectivity index (χ0v) is 12.2. The van der Waals surface area contributed by atoms with Crippen LogP contribution in [0.3, 0.4) is 0 Å². The van der Waals surface area contributed by atoms with E-state index in [9.17, 15) is 4.79 Å². The lowest BCUT2D eigenvalue weighted by atomic mass is 9.74. The van der Waals surface area contributed by atoms with Gasteiger partial charge in [0.05, 0.1) is 24.3 Å². The zero-order valence-electron chi connectivity index (χ0n) is 12.2. The fourth-order valence-electron chi connectivity index (χ4n) is 3.20. The molecule has 2 saturated heterocycles. The van der Waals surface area contributed by atoms with Crippen LogP contribution in [0.2, 0.25) is 0 Å². The molecule has 0 saturated carbocycles. The van der Waals surface area contributed by atoms with Crippen molar-refractivity contribution < 1.29 is 9.53 Å². The highest BCUT2D eigenvalue weighted by atomic mass is 16.5. The number of pyridine rings is 1. The summed E-state index contributed by atoms with van der Waals surface area (Å²) < 4.78 is 5.36. The number of rotatable bonds is 2. The minimum Gasteiger partial charge on any atom is -0.378 e. The number of ether oxygens (including phenoxy) is 1. The summed E-state index contributed by atoms with van der Waals surface area (Å²) in [6.45, 7) is 4.00. The number of piperidine rings is 1. The molecule has 112 valence electrons. The number of likely N-dealkylation sites (tertiary alicyclic amines) is 1.